The zero-order valence-electron chi connectivity index (χ0n) is 10.8. The number of ether oxygens (including phenoxy) is 2. The van der Waals surface area contributed by atoms with Crippen LogP contribution in [-0.4, -0.2) is 11.7 Å². The zero-order chi connectivity index (χ0) is 12.0. The van der Waals surface area contributed by atoms with Gasteiger partial charge < -0.3 is 9.47 Å². The van der Waals surface area contributed by atoms with Crippen molar-refractivity contribution in [3.63, 3.8) is 0 Å². The van der Waals surface area contributed by atoms with E-state index in [1.54, 1.807) is 0 Å². The second kappa shape index (κ2) is 3.74. The molecular weight excluding hydrogens is 212 g/mol. The van der Waals surface area contributed by atoms with Gasteiger partial charge in [-0.3, -0.25) is 0 Å². The van der Waals surface area contributed by atoms with Crippen LogP contribution in [0.3, 0.4) is 0 Å². The van der Waals surface area contributed by atoms with Crippen molar-refractivity contribution in [3.05, 3.63) is 29.8 Å². The van der Waals surface area contributed by atoms with Crippen molar-refractivity contribution >= 4 is 0 Å². The second-order valence-electron chi connectivity index (χ2n) is 5.79. The van der Waals surface area contributed by atoms with E-state index in [-0.39, 0.29) is 11.7 Å². The summed E-state index contributed by atoms with van der Waals surface area (Å²) in [4.78, 5) is 0. The van der Waals surface area contributed by atoms with Gasteiger partial charge in [-0.1, -0.05) is 18.2 Å². The summed E-state index contributed by atoms with van der Waals surface area (Å²) in [6, 6.07) is 8.29. The number of hydrogen-bond acceptors (Lipinski definition) is 2. The molecule has 1 aromatic rings. The highest BCUT2D eigenvalue weighted by Crippen LogP contribution is 2.50. The van der Waals surface area contributed by atoms with Crippen molar-refractivity contribution in [1.29, 1.82) is 0 Å². The molecule has 3 rings (SSSR count). The number of rotatable bonds is 0. The van der Waals surface area contributed by atoms with E-state index in [9.17, 15) is 0 Å². The molecule has 0 aromatic heterocycles. The van der Waals surface area contributed by atoms with E-state index in [4.69, 9.17) is 9.47 Å². The molecule has 0 radical (unpaired) electrons. The lowest BCUT2D eigenvalue weighted by atomic mass is 9.75. The minimum Gasteiger partial charge on any atom is -0.487 e. The van der Waals surface area contributed by atoms with E-state index < -0.39 is 0 Å². The third-order valence-corrected chi connectivity index (χ3v) is 4.12. The van der Waals surface area contributed by atoms with Crippen molar-refractivity contribution in [2.24, 2.45) is 5.92 Å². The summed E-state index contributed by atoms with van der Waals surface area (Å²) in [5.41, 5.74) is 1.10. The predicted octanol–water partition coefficient (Wildman–Crippen LogP) is 3.71. The molecule has 92 valence electrons. The highest BCUT2D eigenvalue weighted by atomic mass is 16.5. The van der Waals surface area contributed by atoms with Crippen molar-refractivity contribution < 1.29 is 9.47 Å². The van der Waals surface area contributed by atoms with Crippen LogP contribution in [0.25, 0.3) is 0 Å². The van der Waals surface area contributed by atoms with E-state index in [1.807, 2.05) is 6.07 Å². The first-order valence-corrected chi connectivity index (χ1v) is 6.51. The summed E-state index contributed by atoms with van der Waals surface area (Å²) >= 11 is 0. The van der Waals surface area contributed by atoms with Crippen molar-refractivity contribution in [2.45, 2.75) is 51.4 Å². The molecule has 2 nitrogen and oxygen atoms in total. The molecule has 0 spiro atoms. The van der Waals surface area contributed by atoms with Gasteiger partial charge in [0.05, 0.1) is 12.2 Å². The SMILES string of the molecule is C[C@@H]1CC[C@H]2[C@H](O1)c1ccccc1OC2(C)C. The summed E-state index contributed by atoms with van der Waals surface area (Å²) in [6.07, 6.45) is 2.89. The molecule has 17 heavy (non-hydrogen) atoms. The van der Waals surface area contributed by atoms with Crippen molar-refractivity contribution in [1.82, 2.24) is 0 Å². The third-order valence-electron chi connectivity index (χ3n) is 4.12. The monoisotopic (exact) mass is 232 g/mol. The van der Waals surface area contributed by atoms with Crippen molar-refractivity contribution in [3.8, 4) is 5.75 Å². The Morgan fingerprint density at radius 2 is 1.94 bits per heavy atom. The van der Waals surface area contributed by atoms with Crippen LogP contribution in [-0.2, 0) is 4.74 Å². The van der Waals surface area contributed by atoms with E-state index in [0.29, 0.717) is 12.0 Å². The minimum atomic E-state index is -0.126. The highest BCUT2D eigenvalue weighted by molar-refractivity contribution is 5.39. The molecule has 2 aliphatic heterocycles. The first kappa shape index (κ1) is 11.1. The molecule has 0 N–H and O–H groups in total. The summed E-state index contributed by atoms with van der Waals surface area (Å²) in [5, 5.41) is 0. The Labute approximate surface area is 103 Å². The maximum Gasteiger partial charge on any atom is 0.125 e. The van der Waals surface area contributed by atoms with Gasteiger partial charge in [-0.2, -0.15) is 0 Å². The standard InChI is InChI=1S/C15H20O2/c1-10-8-9-12-14(16-10)11-6-4-5-7-13(11)17-15(12,2)3/h4-7,10,12,14H,8-9H2,1-3H3/t10-,12+,14-/m1/s1. The van der Waals surface area contributed by atoms with Gasteiger partial charge in [0.2, 0.25) is 0 Å². The molecule has 0 unspecified atom stereocenters. The van der Waals surface area contributed by atoms with Crippen LogP contribution in [0.4, 0.5) is 0 Å². The molecular formula is C15H20O2. The van der Waals surface area contributed by atoms with Gasteiger partial charge in [0.1, 0.15) is 11.4 Å². The summed E-state index contributed by atoms with van der Waals surface area (Å²) in [7, 11) is 0. The minimum absolute atomic E-state index is 0.126. The molecule has 0 aliphatic carbocycles. The number of hydrogen-bond donors (Lipinski definition) is 0. The van der Waals surface area contributed by atoms with Gasteiger partial charge in [0.25, 0.3) is 0 Å². The van der Waals surface area contributed by atoms with E-state index in [1.165, 1.54) is 12.0 Å². The first-order valence-electron chi connectivity index (χ1n) is 6.51. The highest BCUT2D eigenvalue weighted by Gasteiger charge is 2.46. The van der Waals surface area contributed by atoms with E-state index >= 15 is 0 Å². The first-order chi connectivity index (χ1) is 8.08. The normalized spacial score (nSPS) is 34.4. The van der Waals surface area contributed by atoms with Crippen LogP contribution in [0.2, 0.25) is 0 Å². The maximum absolute atomic E-state index is 6.17. The Kier molecular flexibility index (Phi) is 2.44. The predicted molar refractivity (Wildman–Crippen MR) is 67.2 cm³/mol. The van der Waals surface area contributed by atoms with Crippen LogP contribution in [0.15, 0.2) is 24.3 Å². The molecule has 0 bridgehead atoms. The van der Waals surface area contributed by atoms with Crippen molar-refractivity contribution in [2.75, 3.05) is 0 Å². The Morgan fingerprint density at radius 3 is 2.76 bits per heavy atom. The number of para-hydroxylation sites is 1. The molecule has 1 fully saturated rings. The Balaban J connectivity index is 2.05. The average molecular weight is 232 g/mol. The lowest BCUT2D eigenvalue weighted by molar-refractivity contribution is -0.144. The number of fused-ring (bicyclic) bond motifs is 3. The second-order valence-corrected chi connectivity index (χ2v) is 5.79. The lowest BCUT2D eigenvalue weighted by Crippen LogP contribution is -2.48. The fourth-order valence-electron chi connectivity index (χ4n) is 3.15. The van der Waals surface area contributed by atoms with Gasteiger partial charge in [-0.05, 0) is 39.7 Å². The van der Waals surface area contributed by atoms with Gasteiger partial charge in [0, 0.05) is 11.5 Å². The maximum atomic E-state index is 6.17. The molecule has 1 saturated heterocycles. The topological polar surface area (TPSA) is 18.5 Å². The van der Waals surface area contributed by atoms with Gasteiger partial charge in [0.15, 0.2) is 0 Å². The van der Waals surface area contributed by atoms with E-state index in [2.05, 4.69) is 39.0 Å². The van der Waals surface area contributed by atoms with Gasteiger partial charge in [-0.25, -0.2) is 0 Å². The quantitative estimate of drug-likeness (QED) is 0.679. The molecule has 1 aromatic carbocycles. The summed E-state index contributed by atoms with van der Waals surface area (Å²) in [6.45, 7) is 6.53. The van der Waals surface area contributed by atoms with Crippen LogP contribution < -0.4 is 4.74 Å². The Bertz CT molecular complexity index is 425. The average Bonchev–Trinajstić information content (AvgIpc) is 2.28. The summed E-state index contributed by atoms with van der Waals surface area (Å²) in [5.74, 6) is 1.46. The van der Waals surface area contributed by atoms with Gasteiger partial charge >= 0.3 is 0 Å². The van der Waals surface area contributed by atoms with E-state index in [0.717, 1.165) is 12.2 Å². The largest absolute Gasteiger partial charge is 0.487 e. The Morgan fingerprint density at radius 1 is 1.18 bits per heavy atom. The van der Waals surface area contributed by atoms with Crippen LogP contribution in [0.5, 0.6) is 5.75 Å². The van der Waals surface area contributed by atoms with Crippen LogP contribution in [0.1, 0.15) is 45.3 Å². The molecule has 0 amide bonds. The zero-order valence-corrected chi connectivity index (χ0v) is 10.8. The fourth-order valence-corrected chi connectivity index (χ4v) is 3.15. The summed E-state index contributed by atoms with van der Waals surface area (Å²) < 4.78 is 12.3. The lowest BCUT2D eigenvalue weighted by Gasteiger charge is -2.48. The molecule has 0 saturated carbocycles. The molecule has 2 aliphatic rings. The Hall–Kier alpha value is -1.02. The molecule has 3 atom stereocenters. The van der Waals surface area contributed by atoms with Crippen LogP contribution in [0, 0.1) is 5.92 Å². The third kappa shape index (κ3) is 1.75. The van der Waals surface area contributed by atoms with Gasteiger partial charge in [-0.15, -0.1) is 0 Å². The molecule has 2 heteroatoms. The smallest absolute Gasteiger partial charge is 0.125 e. The number of benzene rings is 1. The van der Waals surface area contributed by atoms with Crippen LogP contribution >= 0.6 is 0 Å². The molecule has 2 heterocycles. The fraction of sp³-hybridized carbons (Fsp3) is 0.600.